The van der Waals surface area contributed by atoms with Crippen LogP contribution in [0.1, 0.15) is 13.3 Å². The summed E-state index contributed by atoms with van der Waals surface area (Å²) >= 11 is 9.21. The molecule has 0 aliphatic carbocycles. The van der Waals surface area contributed by atoms with Gasteiger partial charge in [-0.15, -0.1) is 0 Å². The molecule has 0 bridgehead atoms. The Bertz CT molecular complexity index is 65.9. The zero-order valence-corrected chi connectivity index (χ0v) is 5.23. The molecule has 0 spiro atoms. The number of hydrogen-bond donors (Lipinski definition) is 0. The maximum Gasteiger partial charge on any atom is 0.00688 e. The van der Waals surface area contributed by atoms with Crippen LogP contribution in [0.3, 0.4) is 0 Å². The van der Waals surface area contributed by atoms with Crippen LogP contribution in [0.25, 0.3) is 0 Å². The molecule has 34 valence electrons. The first-order valence-corrected chi connectivity index (χ1v) is 2.58. The van der Waals surface area contributed by atoms with Gasteiger partial charge in [-0.2, -0.15) is 0 Å². The fraction of sp³-hybridized carbons (Fsp3) is 0.500. The average molecular weight is 118 g/mol. The summed E-state index contributed by atoms with van der Waals surface area (Å²) in [5, 5.41) is 1.64. The lowest BCUT2D eigenvalue weighted by Crippen LogP contribution is -1.82. The van der Waals surface area contributed by atoms with E-state index in [4.69, 9.17) is 12.2 Å². The summed E-state index contributed by atoms with van der Waals surface area (Å²) in [6, 6.07) is 0. The van der Waals surface area contributed by atoms with Crippen molar-refractivity contribution in [2.45, 2.75) is 13.3 Å². The van der Waals surface area contributed by atoms with Crippen molar-refractivity contribution in [1.82, 2.24) is 0 Å². The molecule has 0 aliphatic heterocycles. The first-order chi connectivity index (χ1) is 2.77. The molecule has 0 rings (SSSR count). The van der Waals surface area contributed by atoms with Gasteiger partial charge >= 0.3 is 0 Å². The second kappa shape index (κ2) is 3.37. The summed E-state index contributed by atoms with van der Waals surface area (Å²) < 4.78 is 0. The van der Waals surface area contributed by atoms with Gasteiger partial charge in [-0.1, -0.05) is 24.4 Å². The van der Waals surface area contributed by atoms with Crippen molar-refractivity contribution in [3.8, 4) is 0 Å². The monoisotopic (exact) mass is 118 g/mol. The standard InChI is InChI=1S/C4H6S2/c1-4(6)2-3-5/h3H,2H2,1H3. The van der Waals surface area contributed by atoms with Gasteiger partial charge < -0.3 is 0 Å². The van der Waals surface area contributed by atoms with Gasteiger partial charge in [0.25, 0.3) is 0 Å². The van der Waals surface area contributed by atoms with Crippen LogP contribution in [0.2, 0.25) is 0 Å². The van der Waals surface area contributed by atoms with Crippen LogP contribution in [-0.2, 0) is 0 Å². The second-order valence-electron chi connectivity index (χ2n) is 1.07. The van der Waals surface area contributed by atoms with Gasteiger partial charge in [-0.25, -0.2) is 0 Å². The topological polar surface area (TPSA) is 0 Å². The predicted molar refractivity (Wildman–Crippen MR) is 36.5 cm³/mol. The highest BCUT2D eigenvalue weighted by atomic mass is 32.1. The van der Waals surface area contributed by atoms with Gasteiger partial charge in [-0.3, -0.25) is 0 Å². The van der Waals surface area contributed by atoms with Crippen molar-refractivity contribution in [2.24, 2.45) is 0 Å². The van der Waals surface area contributed by atoms with E-state index in [1.54, 1.807) is 5.37 Å². The van der Waals surface area contributed by atoms with E-state index in [1.165, 1.54) is 0 Å². The highest BCUT2D eigenvalue weighted by Crippen LogP contribution is 1.78. The molecule has 0 N–H and O–H groups in total. The van der Waals surface area contributed by atoms with Gasteiger partial charge in [0.2, 0.25) is 0 Å². The van der Waals surface area contributed by atoms with Crippen LogP contribution in [-0.4, -0.2) is 10.2 Å². The maximum atomic E-state index is 4.70. The lowest BCUT2D eigenvalue weighted by molar-refractivity contribution is 1.69. The Hall–Kier alpha value is 0.180. The van der Waals surface area contributed by atoms with Crippen LogP contribution < -0.4 is 0 Å². The quantitative estimate of drug-likeness (QED) is 0.507. The Balaban J connectivity index is 3.05. The predicted octanol–water partition coefficient (Wildman–Crippen LogP) is 1.77. The Morgan fingerprint density at radius 1 is 1.83 bits per heavy atom. The van der Waals surface area contributed by atoms with Gasteiger partial charge in [0.1, 0.15) is 0 Å². The minimum atomic E-state index is 0.796. The second-order valence-corrected chi connectivity index (χ2v) is 2.10. The van der Waals surface area contributed by atoms with E-state index in [-0.39, 0.29) is 0 Å². The van der Waals surface area contributed by atoms with Gasteiger partial charge in [0.15, 0.2) is 0 Å². The summed E-state index contributed by atoms with van der Waals surface area (Å²) in [6.45, 7) is 1.89. The Morgan fingerprint density at radius 3 is 2.33 bits per heavy atom. The fourth-order valence-electron chi connectivity index (χ4n) is 0.117. The summed E-state index contributed by atoms with van der Waals surface area (Å²) in [5.74, 6) is 0. The lowest BCUT2D eigenvalue weighted by Gasteiger charge is -1.78. The summed E-state index contributed by atoms with van der Waals surface area (Å²) in [7, 11) is 0. The minimum absolute atomic E-state index is 0.796. The molecular formula is C4H6S2. The smallest absolute Gasteiger partial charge is 0.00688 e. The molecule has 0 aromatic rings. The van der Waals surface area contributed by atoms with Crippen LogP contribution in [0.5, 0.6) is 0 Å². The van der Waals surface area contributed by atoms with Crippen molar-refractivity contribution in [1.29, 1.82) is 0 Å². The highest BCUT2D eigenvalue weighted by molar-refractivity contribution is 7.81. The van der Waals surface area contributed by atoms with Crippen LogP contribution in [0.4, 0.5) is 0 Å². The molecule has 6 heavy (non-hydrogen) atoms. The van der Waals surface area contributed by atoms with E-state index in [0.717, 1.165) is 11.3 Å². The van der Waals surface area contributed by atoms with E-state index < -0.39 is 0 Å². The van der Waals surface area contributed by atoms with Crippen LogP contribution >= 0.6 is 24.4 Å². The van der Waals surface area contributed by atoms with E-state index in [1.807, 2.05) is 6.92 Å². The molecule has 0 aliphatic rings. The van der Waals surface area contributed by atoms with E-state index in [9.17, 15) is 0 Å². The lowest BCUT2D eigenvalue weighted by atomic mass is 10.4. The third-order valence-electron chi connectivity index (χ3n) is 0.371. The molecule has 0 aromatic carbocycles. The molecule has 0 saturated heterocycles. The minimum Gasteiger partial charge on any atom is -0.0931 e. The van der Waals surface area contributed by atoms with Crippen molar-refractivity contribution >= 4 is 34.7 Å². The average Bonchev–Trinajstić information content (AvgIpc) is 1.35. The highest BCUT2D eigenvalue weighted by Gasteiger charge is 1.76. The van der Waals surface area contributed by atoms with Crippen molar-refractivity contribution < 1.29 is 0 Å². The first kappa shape index (κ1) is 6.18. The molecule has 0 nitrogen and oxygen atoms in total. The SMILES string of the molecule is CC(=S)CC=S. The van der Waals surface area contributed by atoms with E-state index >= 15 is 0 Å². The molecule has 0 radical (unpaired) electrons. The molecule has 0 atom stereocenters. The fourth-order valence-corrected chi connectivity index (χ4v) is 0.556. The molecule has 0 unspecified atom stereocenters. The van der Waals surface area contributed by atoms with Gasteiger partial charge in [-0.05, 0) is 17.2 Å². The molecule has 0 fully saturated rings. The van der Waals surface area contributed by atoms with Gasteiger partial charge in [0, 0.05) is 6.42 Å². The van der Waals surface area contributed by atoms with Crippen LogP contribution in [0.15, 0.2) is 0 Å². The summed E-state index contributed by atoms with van der Waals surface area (Å²) in [5.41, 5.74) is 0. The number of rotatable bonds is 2. The third-order valence-corrected chi connectivity index (χ3v) is 0.704. The number of hydrogen-bond acceptors (Lipinski definition) is 2. The molecule has 0 heterocycles. The van der Waals surface area contributed by atoms with Gasteiger partial charge in [0.05, 0.1) is 0 Å². The van der Waals surface area contributed by atoms with Crippen molar-refractivity contribution in [3.63, 3.8) is 0 Å². The van der Waals surface area contributed by atoms with Crippen molar-refractivity contribution in [3.05, 3.63) is 0 Å². The molecule has 0 saturated carbocycles. The number of thiocarbonyl (C=S) groups is 2. The first-order valence-electron chi connectivity index (χ1n) is 1.70. The molecular weight excluding hydrogens is 112 g/mol. The van der Waals surface area contributed by atoms with Crippen molar-refractivity contribution in [2.75, 3.05) is 0 Å². The Kier molecular flexibility index (Phi) is 3.47. The zero-order valence-electron chi connectivity index (χ0n) is 3.60. The normalized spacial score (nSPS) is 7.50. The third kappa shape index (κ3) is 4.18. The van der Waals surface area contributed by atoms with E-state index in [2.05, 4.69) is 12.2 Å². The van der Waals surface area contributed by atoms with E-state index in [0.29, 0.717) is 0 Å². The maximum absolute atomic E-state index is 4.70. The molecule has 2 heteroatoms. The summed E-state index contributed by atoms with van der Waals surface area (Å²) in [4.78, 5) is 0.963. The Labute approximate surface area is 48.6 Å². The zero-order chi connectivity index (χ0) is 4.99. The Morgan fingerprint density at radius 2 is 2.33 bits per heavy atom. The largest absolute Gasteiger partial charge is 0.0931 e. The molecule has 0 aromatic heterocycles. The van der Waals surface area contributed by atoms with Crippen LogP contribution in [0, 0.1) is 0 Å². The molecule has 0 amide bonds. The summed E-state index contributed by atoms with van der Waals surface area (Å²) in [6.07, 6.45) is 0.796.